The number of likely N-dealkylation sites (tertiary alicyclic amines) is 1. The maximum absolute atomic E-state index is 12.9. The number of pyridine rings is 1. The van der Waals surface area contributed by atoms with Crippen molar-refractivity contribution >= 4 is 27.3 Å². The van der Waals surface area contributed by atoms with Crippen molar-refractivity contribution in [2.75, 3.05) is 32.8 Å². The lowest BCUT2D eigenvalue weighted by Crippen LogP contribution is -2.38. The normalized spacial score (nSPS) is 22.1. The Hall–Kier alpha value is -2.77. The third kappa shape index (κ3) is 4.98. The Morgan fingerprint density at radius 3 is 2.40 bits per heavy atom. The summed E-state index contributed by atoms with van der Waals surface area (Å²) in [6.45, 7) is 2.80. The molecule has 0 bridgehead atoms. The third-order valence-corrected chi connectivity index (χ3v) is 7.61. The van der Waals surface area contributed by atoms with Gasteiger partial charge in [0.2, 0.25) is 0 Å². The number of halogens is 5. The van der Waals surface area contributed by atoms with Crippen LogP contribution in [0.2, 0.25) is 0 Å². The molecule has 2 fully saturated rings. The number of carbonyl (C=O) groups excluding carboxylic acids is 1. The molecule has 4 heterocycles. The standard InChI is InChI=1S/C22H24F5N5O2S/c23-35(24,25,26,27)16-3-1-15(2-4-16)22(33)32-10-6-14(7-11-32)17-5-8-29-21-19(17)30-20(31-21)18-13-28-9-12-34-18/h1-5,8,14,18,28H,6-7,9-13H2,(H,29,30,31)/t18-/m1/s1. The quantitative estimate of drug-likeness (QED) is 0.459. The van der Waals surface area contributed by atoms with E-state index in [-0.39, 0.29) is 29.7 Å². The van der Waals surface area contributed by atoms with E-state index in [1.165, 1.54) is 4.90 Å². The molecule has 2 aromatic heterocycles. The number of aromatic nitrogens is 3. The highest BCUT2D eigenvalue weighted by Crippen LogP contribution is 3.02. The van der Waals surface area contributed by atoms with Gasteiger partial charge in [0.1, 0.15) is 16.8 Å². The molecular weight excluding hydrogens is 493 g/mol. The molecule has 0 unspecified atom stereocenters. The van der Waals surface area contributed by atoms with Crippen LogP contribution in [0.5, 0.6) is 0 Å². The summed E-state index contributed by atoms with van der Waals surface area (Å²) in [6.07, 6.45) is 2.77. The molecule has 1 aromatic carbocycles. The van der Waals surface area contributed by atoms with Crippen LogP contribution in [0.3, 0.4) is 0 Å². The number of H-pyrrole nitrogens is 1. The number of nitrogens with zero attached hydrogens (tertiary/aromatic N) is 3. The molecular formula is C22H24F5N5O2S. The van der Waals surface area contributed by atoms with Gasteiger partial charge < -0.3 is 19.9 Å². The molecule has 2 aliphatic rings. The van der Waals surface area contributed by atoms with Crippen LogP contribution < -0.4 is 5.32 Å². The van der Waals surface area contributed by atoms with Crippen molar-refractivity contribution in [2.45, 2.75) is 29.8 Å². The molecule has 1 amide bonds. The lowest BCUT2D eigenvalue weighted by Gasteiger charge is -2.40. The summed E-state index contributed by atoms with van der Waals surface area (Å²) in [5.74, 6) is 0.344. The smallest absolute Gasteiger partial charge is 0.310 e. The average Bonchev–Trinajstić information content (AvgIpc) is 3.28. The Morgan fingerprint density at radius 2 is 1.77 bits per heavy atom. The zero-order chi connectivity index (χ0) is 24.9. The van der Waals surface area contributed by atoms with E-state index in [9.17, 15) is 24.2 Å². The van der Waals surface area contributed by atoms with Crippen LogP contribution >= 0.6 is 10.2 Å². The van der Waals surface area contributed by atoms with Gasteiger partial charge in [-0.3, -0.25) is 4.79 Å². The third-order valence-electron chi connectivity index (χ3n) is 6.44. The molecule has 3 aromatic rings. The fourth-order valence-corrected chi connectivity index (χ4v) is 5.26. The summed E-state index contributed by atoms with van der Waals surface area (Å²) < 4.78 is 70.5. The SMILES string of the molecule is O=C(c1ccc(S(F)(F)(F)(F)F)cc1)N1CCC(c2ccnc3nc([C@H]4CNCCO4)[nH]c23)CC1. The van der Waals surface area contributed by atoms with Crippen LogP contribution in [-0.2, 0) is 4.74 Å². The maximum atomic E-state index is 12.9. The highest BCUT2D eigenvalue weighted by atomic mass is 32.5. The van der Waals surface area contributed by atoms with Crippen molar-refractivity contribution in [3.05, 3.63) is 53.5 Å². The van der Waals surface area contributed by atoms with Gasteiger partial charge in [-0.2, -0.15) is 0 Å². The van der Waals surface area contributed by atoms with Gasteiger partial charge in [0.15, 0.2) is 5.65 Å². The Morgan fingerprint density at radius 1 is 1.06 bits per heavy atom. The van der Waals surface area contributed by atoms with Crippen LogP contribution in [-0.4, -0.2) is 58.5 Å². The number of hydrogen-bond acceptors (Lipinski definition) is 5. The van der Waals surface area contributed by atoms with Crippen molar-refractivity contribution in [3.63, 3.8) is 0 Å². The summed E-state index contributed by atoms with van der Waals surface area (Å²) in [5, 5.41) is 3.26. The highest BCUT2D eigenvalue weighted by Gasteiger charge is 2.65. The van der Waals surface area contributed by atoms with Crippen molar-refractivity contribution in [1.82, 2.24) is 25.2 Å². The second kappa shape index (κ2) is 7.87. The molecule has 2 aliphatic heterocycles. The number of imidazole rings is 1. The van der Waals surface area contributed by atoms with Crippen molar-refractivity contribution in [2.24, 2.45) is 0 Å². The molecule has 0 aliphatic carbocycles. The topological polar surface area (TPSA) is 83.1 Å². The van der Waals surface area contributed by atoms with Gasteiger partial charge in [-0.25, -0.2) is 9.97 Å². The second-order valence-corrected chi connectivity index (χ2v) is 11.3. The molecule has 0 radical (unpaired) electrons. The van der Waals surface area contributed by atoms with Gasteiger partial charge in [0.25, 0.3) is 5.91 Å². The van der Waals surface area contributed by atoms with Crippen LogP contribution in [0.15, 0.2) is 41.4 Å². The van der Waals surface area contributed by atoms with Gasteiger partial charge in [0, 0.05) is 37.9 Å². The number of fused-ring (bicyclic) bond motifs is 1. The van der Waals surface area contributed by atoms with Crippen LogP contribution in [0.4, 0.5) is 19.4 Å². The summed E-state index contributed by atoms with van der Waals surface area (Å²) in [4.78, 5) is 24.6. The first-order chi connectivity index (χ1) is 16.4. The zero-order valence-electron chi connectivity index (χ0n) is 18.5. The number of morpholine rings is 1. The summed E-state index contributed by atoms with van der Waals surface area (Å²) >= 11 is 0. The average molecular weight is 518 g/mol. The molecule has 35 heavy (non-hydrogen) atoms. The number of carbonyl (C=O) groups is 1. The molecule has 190 valence electrons. The van der Waals surface area contributed by atoms with Gasteiger partial charge in [-0.15, -0.1) is 0 Å². The van der Waals surface area contributed by atoms with Crippen LogP contribution in [0.25, 0.3) is 11.2 Å². The Bertz CT molecular complexity index is 1250. The van der Waals surface area contributed by atoms with Gasteiger partial charge in [0.05, 0.1) is 12.1 Å². The molecule has 5 rings (SSSR count). The monoisotopic (exact) mass is 517 g/mol. The maximum Gasteiger partial charge on any atom is 0.310 e. The molecule has 2 N–H and O–H groups in total. The van der Waals surface area contributed by atoms with E-state index in [0.717, 1.165) is 29.8 Å². The number of piperidine rings is 1. The highest BCUT2D eigenvalue weighted by molar-refractivity contribution is 8.45. The lowest BCUT2D eigenvalue weighted by molar-refractivity contribution is 0.0228. The summed E-state index contributed by atoms with van der Waals surface area (Å²) in [7, 11) is -9.77. The summed E-state index contributed by atoms with van der Waals surface area (Å²) in [6, 6.07) is 4.09. The molecule has 1 atom stereocenters. The molecule has 13 heteroatoms. The molecule has 0 saturated carbocycles. The number of ether oxygens (including phenoxy) is 1. The second-order valence-electron chi connectivity index (χ2n) is 8.84. The van der Waals surface area contributed by atoms with Crippen LogP contribution in [0, 0.1) is 0 Å². The fourth-order valence-electron chi connectivity index (χ4n) is 4.61. The minimum atomic E-state index is -9.77. The summed E-state index contributed by atoms with van der Waals surface area (Å²) in [5.41, 5.74) is 2.40. The van der Waals surface area contributed by atoms with Gasteiger partial charge in [-0.05, 0) is 54.7 Å². The van der Waals surface area contributed by atoms with E-state index in [0.29, 0.717) is 50.6 Å². The van der Waals surface area contributed by atoms with E-state index in [2.05, 4.69) is 20.3 Å². The predicted octanol–water partition coefficient (Wildman–Crippen LogP) is 5.30. The van der Waals surface area contributed by atoms with E-state index < -0.39 is 21.0 Å². The zero-order valence-corrected chi connectivity index (χ0v) is 19.3. The first kappa shape index (κ1) is 23.9. The number of aromatic amines is 1. The molecule has 2 saturated heterocycles. The first-order valence-electron chi connectivity index (χ1n) is 11.2. The first-order valence-corrected chi connectivity index (χ1v) is 13.1. The number of rotatable bonds is 4. The Labute approximate surface area is 197 Å². The van der Waals surface area contributed by atoms with Crippen molar-refractivity contribution in [3.8, 4) is 0 Å². The van der Waals surface area contributed by atoms with E-state index in [1.54, 1.807) is 6.20 Å². The van der Waals surface area contributed by atoms with E-state index in [4.69, 9.17) is 4.74 Å². The van der Waals surface area contributed by atoms with Crippen molar-refractivity contribution < 1.29 is 29.0 Å². The van der Waals surface area contributed by atoms with E-state index >= 15 is 0 Å². The minimum Gasteiger partial charge on any atom is -0.368 e. The largest absolute Gasteiger partial charge is 0.368 e. The van der Waals surface area contributed by atoms with Crippen LogP contribution in [0.1, 0.15) is 46.6 Å². The van der Waals surface area contributed by atoms with Gasteiger partial charge >= 0.3 is 10.2 Å². The Balaban J connectivity index is 1.28. The van der Waals surface area contributed by atoms with E-state index in [1.807, 2.05) is 6.07 Å². The number of nitrogens with one attached hydrogen (secondary N) is 2. The Kier molecular flexibility index (Phi) is 5.38. The van der Waals surface area contributed by atoms with Crippen molar-refractivity contribution in [1.29, 1.82) is 0 Å². The lowest BCUT2D eigenvalue weighted by atomic mass is 9.89. The minimum absolute atomic E-state index is 0.0559. The number of amides is 1. The van der Waals surface area contributed by atoms with Gasteiger partial charge in [-0.1, -0.05) is 19.4 Å². The predicted molar refractivity (Wildman–Crippen MR) is 121 cm³/mol. The molecule has 0 spiro atoms. The fraction of sp³-hybridized carbons (Fsp3) is 0.409. The number of hydrogen-bond donors (Lipinski definition) is 2. The molecule has 7 nitrogen and oxygen atoms in total. The number of benzene rings is 1.